The molecule has 0 heterocycles. The van der Waals surface area contributed by atoms with Crippen LogP contribution in [0, 0.1) is 16.7 Å². The van der Waals surface area contributed by atoms with Crippen molar-refractivity contribution in [2.24, 2.45) is 16.7 Å². The minimum Gasteiger partial charge on any atom is -0.381 e. The van der Waals surface area contributed by atoms with Crippen molar-refractivity contribution < 1.29 is 4.74 Å². The van der Waals surface area contributed by atoms with Gasteiger partial charge in [-0.15, -0.1) is 0 Å². The Morgan fingerprint density at radius 1 is 1.25 bits per heavy atom. The van der Waals surface area contributed by atoms with Crippen molar-refractivity contribution in [1.82, 2.24) is 0 Å². The molecule has 0 aromatic carbocycles. The molecule has 0 unspecified atom stereocenters. The Balaban J connectivity index is 2.33. The zero-order valence-corrected chi connectivity index (χ0v) is 8.68. The average molecular weight is 168 g/mol. The SMILES string of the molecule is CO[C@@H]1C[C@@H]2CC[C@]1(C)C2(C)C. The lowest BCUT2D eigenvalue weighted by Crippen LogP contribution is -2.36. The summed E-state index contributed by atoms with van der Waals surface area (Å²) in [5, 5.41) is 0. The molecule has 0 N–H and O–H groups in total. The Hall–Kier alpha value is -0.0400. The molecule has 0 amide bonds. The summed E-state index contributed by atoms with van der Waals surface area (Å²) in [6.07, 6.45) is 4.60. The highest BCUT2D eigenvalue weighted by molar-refractivity contribution is 5.10. The first-order valence-corrected chi connectivity index (χ1v) is 5.05. The number of fused-ring (bicyclic) bond motifs is 2. The summed E-state index contributed by atoms with van der Waals surface area (Å²) in [7, 11) is 1.87. The van der Waals surface area contributed by atoms with E-state index in [9.17, 15) is 0 Å². The standard InChI is InChI=1S/C11H20O/c1-10(2)8-5-6-11(10,3)9(7-8)12-4/h8-9H,5-7H2,1-4H3/t8-,9+,11-/m0/s1. The average Bonchev–Trinajstić information content (AvgIpc) is 2.34. The molecule has 3 atom stereocenters. The van der Waals surface area contributed by atoms with Gasteiger partial charge in [-0.25, -0.2) is 0 Å². The summed E-state index contributed by atoms with van der Waals surface area (Å²) < 4.78 is 5.58. The third kappa shape index (κ3) is 0.736. The molecule has 70 valence electrons. The van der Waals surface area contributed by atoms with E-state index in [0.717, 1.165) is 5.92 Å². The van der Waals surface area contributed by atoms with Crippen molar-refractivity contribution >= 4 is 0 Å². The van der Waals surface area contributed by atoms with E-state index in [1.165, 1.54) is 19.3 Å². The monoisotopic (exact) mass is 168 g/mol. The highest BCUT2D eigenvalue weighted by Gasteiger charge is 2.61. The second-order valence-electron chi connectivity index (χ2n) is 5.33. The van der Waals surface area contributed by atoms with E-state index in [1.54, 1.807) is 0 Å². The van der Waals surface area contributed by atoms with Crippen LogP contribution < -0.4 is 0 Å². The predicted molar refractivity (Wildman–Crippen MR) is 50.0 cm³/mol. The van der Waals surface area contributed by atoms with Gasteiger partial charge in [0.15, 0.2) is 0 Å². The lowest BCUT2D eigenvalue weighted by Gasteiger charge is -2.38. The highest BCUT2D eigenvalue weighted by Crippen LogP contribution is 2.66. The van der Waals surface area contributed by atoms with Crippen molar-refractivity contribution in [3.8, 4) is 0 Å². The van der Waals surface area contributed by atoms with Crippen LogP contribution >= 0.6 is 0 Å². The molecule has 0 saturated heterocycles. The topological polar surface area (TPSA) is 9.23 Å². The van der Waals surface area contributed by atoms with Gasteiger partial charge in [-0.3, -0.25) is 0 Å². The van der Waals surface area contributed by atoms with Crippen LogP contribution in [-0.2, 0) is 4.74 Å². The van der Waals surface area contributed by atoms with Gasteiger partial charge in [-0.1, -0.05) is 20.8 Å². The second kappa shape index (κ2) is 2.25. The van der Waals surface area contributed by atoms with Gasteiger partial charge in [0, 0.05) is 7.11 Å². The van der Waals surface area contributed by atoms with Crippen molar-refractivity contribution in [1.29, 1.82) is 0 Å². The van der Waals surface area contributed by atoms with Crippen LogP contribution in [0.5, 0.6) is 0 Å². The molecule has 0 spiro atoms. The predicted octanol–water partition coefficient (Wildman–Crippen LogP) is 2.85. The molecule has 0 aromatic rings. The first-order valence-electron chi connectivity index (χ1n) is 5.05. The van der Waals surface area contributed by atoms with Crippen LogP contribution in [0.2, 0.25) is 0 Å². The summed E-state index contributed by atoms with van der Waals surface area (Å²) in [4.78, 5) is 0. The Morgan fingerprint density at radius 3 is 2.17 bits per heavy atom. The maximum absolute atomic E-state index is 5.58. The van der Waals surface area contributed by atoms with Gasteiger partial charge in [0.2, 0.25) is 0 Å². The van der Waals surface area contributed by atoms with E-state index in [0.29, 0.717) is 16.9 Å². The van der Waals surface area contributed by atoms with E-state index >= 15 is 0 Å². The van der Waals surface area contributed by atoms with E-state index < -0.39 is 0 Å². The van der Waals surface area contributed by atoms with Gasteiger partial charge in [0.05, 0.1) is 6.10 Å². The number of hydrogen-bond donors (Lipinski definition) is 0. The normalized spacial score (nSPS) is 50.0. The molecule has 2 fully saturated rings. The molecule has 0 radical (unpaired) electrons. The zero-order chi connectivity index (χ0) is 8.98. The lowest BCUT2D eigenvalue weighted by molar-refractivity contribution is -0.0200. The summed E-state index contributed by atoms with van der Waals surface area (Å²) in [6.45, 7) is 7.25. The fourth-order valence-corrected chi connectivity index (χ4v) is 3.49. The van der Waals surface area contributed by atoms with E-state index in [2.05, 4.69) is 20.8 Å². The smallest absolute Gasteiger partial charge is 0.0632 e. The van der Waals surface area contributed by atoms with Crippen molar-refractivity contribution in [3.63, 3.8) is 0 Å². The summed E-state index contributed by atoms with van der Waals surface area (Å²) in [5.41, 5.74) is 0.958. The van der Waals surface area contributed by atoms with Gasteiger partial charge < -0.3 is 4.74 Å². The van der Waals surface area contributed by atoms with Crippen LogP contribution in [0.15, 0.2) is 0 Å². The van der Waals surface area contributed by atoms with Gasteiger partial charge in [-0.2, -0.15) is 0 Å². The number of rotatable bonds is 1. The van der Waals surface area contributed by atoms with Crippen molar-refractivity contribution in [2.75, 3.05) is 7.11 Å². The van der Waals surface area contributed by atoms with E-state index in [1.807, 2.05) is 7.11 Å². The Morgan fingerprint density at radius 2 is 1.92 bits per heavy atom. The van der Waals surface area contributed by atoms with Crippen LogP contribution in [0.1, 0.15) is 40.0 Å². The largest absolute Gasteiger partial charge is 0.381 e. The first-order chi connectivity index (χ1) is 5.52. The quantitative estimate of drug-likeness (QED) is 0.585. The second-order valence-corrected chi connectivity index (χ2v) is 5.33. The molecule has 2 rings (SSSR count). The summed E-state index contributed by atoms with van der Waals surface area (Å²) in [6, 6.07) is 0. The number of methoxy groups -OCH3 is 1. The highest BCUT2D eigenvalue weighted by atomic mass is 16.5. The van der Waals surface area contributed by atoms with Crippen LogP contribution in [0.25, 0.3) is 0 Å². The van der Waals surface area contributed by atoms with Gasteiger partial charge in [-0.05, 0) is 36.0 Å². The summed E-state index contributed by atoms with van der Waals surface area (Å²) in [5.74, 6) is 0.910. The minimum absolute atomic E-state index is 0.451. The van der Waals surface area contributed by atoms with Crippen LogP contribution in [0.4, 0.5) is 0 Å². The summed E-state index contributed by atoms with van der Waals surface area (Å²) >= 11 is 0. The maximum Gasteiger partial charge on any atom is 0.0632 e. The van der Waals surface area contributed by atoms with Crippen LogP contribution in [-0.4, -0.2) is 13.2 Å². The van der Waals surface area contributed by atoms with Gasteiger partial charge in [0.1, 0.15) is 0 Å². The molecule has 0 aromatic heterocycles. The zero-order valence-electron chi connectivity index (χ0n) is 8.68. The Bertz CT molecular complexity index is 197. The number of ether oxygens (including phenoxy) is 1. The first kappa shape index (κ1) is 8.55. The van der Waals surface area contributed by atoms with E-state index in [-0.39, 0.29) is 0 Å². The van der Waals surface area contributed by atoms with Crippen molar-refractivity contribution in [2.45, 2.75) is 46.1 Å². The fraction of sp³-hybridized carbons (Fsp3) is 1.00. The van der Waals surface area contributed by atoms with Crippen molar-refractivity contribution in [3.05, 3.63) is 0 Å². The molecular weight excluding hydrogens is 148 g/mol. The molecular formula is C11H20O. The van der Waals surface area contributed by atoms with Gasteiger partial charge in [0.25, 0.3) is 0 Å². The third-order valence-corrected chi connectivity index (χ3v) is 5.00. The molecule has 12 heavy (non-hydrogen) atoms. The van der Waals surface area contributed by atoms with Gasteiger partial charge >= 0.3 is 0 Å². The molecule has 2 aliphatic rings. The molecule has 0 aliphatic heterocycles. The Kier molecular flexibility index (Phi) is 1.61. The fourth-order valence-electron chi connectivity index (χ4n) is 3.49. The Labute approximate surface area is 75.5 Å². The molecule has 2 aliphatic carbocycles. The maximum atomic E-state index is 5.58. The molecule has 2 bridgehead atoms. The third-order valence-electron chi connectivity index (χ3n) is 5.00. The van der Waals surface area contributed by atoms with E-state index in [4.69, 9.17) is 4.74 Å². The minimum atomic E-state index is 0.451. The van der Waals surface area contributed by atoms with Crippen LogP contribution in [0.3, 0.4) is 0 Å². The molecule has 1 nitrogen and oxygen atoms in total. The molecule has 2 saturated carbocycles. The number of hydrogen-bond acceptors (Lipinski definition) is 1. The lowest BCUT2D eigenvalue weighted by atomic mass is 9.70. The molecule has 1 heteroatoms.